The molecule has 2 N–H and O–H groups in total. The van der Waals surface area contributed by atoms with E-state index < -0.39 is 0 Å². The molecule has 1 fully saturated rings. The van der Waals surface area contributed by atoms with Crippen LogP contribution in [-0.4, -0.2) is 31.8 Å². The topological polar surface area (TPSA) is 73.7 Å². The number of aromatic nitrogens is 4. The van der Waals surface area contributed by atoms with E-state index in [1.165, 1.54) is 42.5 Å². The largest absolute Gasteiger partial charge is 0.460 e. The third-order valence-electron chi connectivity index (χ3n) is 5.46. The number of H-pyrrole nitrogens is 2. The van der Waals surface area contributed by atoms with Crippen LogP contribution in [0.2, 0.25) is 0 Å². The van der Waals surface area contributed by atoms with Crippen LogP contribution in [0.3, 0.4) is 0 Å². The molecule has 0 spiro atoms. The van der Waals surface area contributed by atoms with E-state index in [0.717, 1.165) is 36.0 Å². The van der Waals surface area contributed by atoms with Crippen molar-refractivity contribution >= 4 is 0 Å². The van der Waals surface area contributed by atoms with Crippen molar-refractivity contribution in [2.75, 3.05) is 6.54 Å². The molecule has 0 aromatic carbocycles. The molecule has 1 atom stereocenters. The van der Waals surface area contributed by atoms with Crippen molar-refractivity contribution in [3.8, 4) is 11.5 Å². The number of likely N-dealkylation sites (tertiary alicyclic amines) is 1. The molecule has 26 heavy (non-hydrogen) atoms. The first-order valence-electron chi connectivity index (χ1n) is 9.48. The molecule has 6 nitrogen and oxygen atoms in total. The van der Waals surface area contributed by atoms with Crippen LogP contribution in [0, 0.1) is 20.8 Å². The Kier molecular flexibility index (Phi) is 4.68. The molecule has 0 aliphatic carbocycles. The molecule has 138 valence electrons. The molecule has 4 heterocycles. The average molecular weight is 353 g/mol. The summed E-state index contributed by atoms with van der Waals surface area (Å²) in [6, 6.07) is 4.40. The quantitative estimate of drug-likeness (QED) is 0.727. The minimum Gasteiger partial charge on any atom is -0.460 e. The highest BCUT2D eigenvalue weighted by Gasteiger charge is 2.28. The summed E-state index contributed by atoms with van der Waals surface area (Å²) in [5.41, 5.74) is 5.85. The van der Waals surface area contributed by atoms with Crippen LogP contribution >= 0.6 is 0 Å². The molecule has 0 amide bonds. The zero-order valence-electron chi connectivity index (χ0n) is 15.8. The molecular formula is C20H27N5O. The van der Waals surface area contributed by atoms with Crippen LogP contribution in [0.5, 0.6) is 0 Å². The van der Waals surface area contributed by atoms with E-state index in [9.17, 15) is 0 Å². The summed E-state index contributed by atoms with van der Waals surface area (Å²) in [4.78, 5) is 2.59. The van der Waals surface area contributed by atoms with Crippen molar-refractivity contribution in [1.82, 2.24) is 25.3 Å². The van der Waals surface area contributed by atoms with Gasteiger partial charge in [0.1, 0.15) is 11.5 Å². The van der Waals surface area contributed by atoms with E-state index >= 15 is 0 Å². The first-order valence-corrected chi connectivity index (χ1v) is 9.48. The second-order valence-corrected chi connectivity index (χ2v) is 7.36. The molecule has 1 unspecified atom stereocenters. The van der Waals surface area contributed by atoms with Gasteiger partial charge in [0.25, 0.3) is 0 Å². The van der Waals surface area contributed by atoms with Crippen molar-refractivity contribution in [3.05, 3.63) is 46.6 Å². The smallest absolute Gasteiger partial charge is 0.152 e. The van der Waals surface area contributed by atoms with Gasteiger partial charge in [-0.1, -0.05) is 12.8 Å². The lowest BCUT2D eigenvalue weighted by molar-refractivity contribution is 0.191. The van der Waals surface area contributed by atoms with Gasteiger partial charge in [0.2, 0.25) is 0 Å². The van der Waals surface area contributed by atoms with Crippen LogP contribution in [0.4, 0.5) is 0 Å². The predicted molar refractivity (Wildman–Crippen MR) is 101 cm³/mol. The fourth-order valence-electron chi connectivity index (χ4n) is 4.17. The van der Waals surface area contributed by atoms with E-state index in [0.29, 0.717) is 6.04 Å². The molecule has 0 saturated carbocycles. The number of aryl methyl sites for hydroxylation is 3. The van der Waals surface area contributed by atoms with Gasteiger partial charge in [0, 0.05) is 29.4 Å². The van der Waals surface area contributed by atoms with Crippen LogP contribution in [-0.2, 0) is 6.54 Å². The third kappa shape index (κ3) is 3.21. The highest BCUT2D eigenvalue weighted by Crippen LogP contribution is 2.35. The number of aromatic amines is 2. The fraction of sp³-hybridized carbons (Fsp3) is 0.500. The number of nitrogens with zero attached hydrogens (tertiary/aromatic N) is 3. The molecule has 1 aliphatic heterocycles. The summed E-state index contributed by atoms with van der Waals surface area (Å²) in [7, 11) is 0. The van der Waals surface area contributed by atoms with Crippen molar-refractivity contribution in [2.24, 2.45) is 0 Å². The Hall–Kier alpha value is -2.34. The standard InChI is InChI=1S/C20H27N5O/c1-13-8-9-18(26-13)20-16(11-21-24-20)12-25-10-6-4-5-7-17(25)19-14(2)22-23-15(19)3/h8-9,11,17H,4-7,10,12H2,1-3H3,(H,21,24)(H,22,23). The number of hydrogen-bond donors (Lipinski definition) is 2. The molecule has 4 rings (SSSR count). The highest BCUT2D eigenvalue weighted by molar-refractivity contribution is 5.56. The molecular weight excluding hydrogens is 326 g/mol. The number of hydrogen-bond acceptors (Lipinski definition) is 4. The summed E-state index contributed by atoms with van der Waals surface area (Å²) >= 11 is 0. The lowest BCUT2D eigenvalue weighted by Crippen LogP contribution is -2.29. The van der Waals surface area contributed by atoms with Crippen LogP contribution in [0.1, 0.15) is 60.0 Å². The SMILES string of the molecule is Cc1ccc(-c2[nH]ncc2CN2CCCCCC2c2c(C)n[nH]c2C)o1. The van der Waals surface area contributed by atoms with E-state index in [1.54, 1.807) is 0 Å². The van der Waals surface area contributed by atoms with Gasteiger partial charge in [-0.2, -0.15) is 10.2 Å². The minimum atomic E-state index is 0.400. The van der Waals surface area contributed by atoms with E-state index in [1.807, 2.05) is 25.3 Å². The Labute approximate surface area is 154 Å². The highest BCUT2D eigenvalue weighted by atomic mass is 16.3. The Balaban J connectivity index is 1.64. The summed E-state index contributed by atoms with van der Waals surface area (Å²) < 4.78 is 5.81. The fourth-order valence-corrected chi connectivity index (χ4v) is 4.17. The Morgan fingerprint density at radius 2 is 2.04 bits per heavy atom. The maximum atomic E-state index is 5.81. The van der Waals surface area contributed by atoms with Gasteiger partial charge in [0.05, 0.1) is 11.9 Å². The molecule has 3 aromatic heterocycles. The lowest BCUT2D eigenvalue weighted by atomic mass is 9.98. The summed E-state index contributed by atoms with van der Waals surface area (Å²) in [5.74, 6) is 1.77. The zero-order valence-corrected chi connectivity index (χ0v) is 15.8. The molecule has 1 saturated heterocycles. The van der Waals surface area contributed by atoms with Crippen LogP contribution in [0.25, 0.3) is 11.5 Å². The first-order chi connectivity index (χ1) is 12.6. The maximum Gasteiger partial charge on any atom is 0.152 e. The second kappa shape index (κ2) is 7.11. The van der Waals surface area contributed by atoms with E-state index in [-0.39, 0.29) is 0 Å². The maximum absolute atomic E-state index is 5.81. The van der Waals surface area contributed by atoms with Crippen molar-refractivity contribution in [1.29, 1.82) is 0 Å². The van der Waals surface area contributed by atoms with Gasteiger partial charge >= 0.3 is 0 Å². The average Bonchev–Trinajstić information content (AvgIpc) is 3.28. The van der Waals surface area contributed by atoms with Crippen LogP contribution in [0.15, 0.2) is 22.7 Å². The Bertz CT molecular complexity index is 855. The lowest BCUT2D eigenvalue weighted by Gasteiger charge is -2.30. The second-order valence-electron chi connectivity index (χ2n) is 7.36. The Morgan fingerprint density at radius 3 is 2.77 bits per heavy atom. The van der Waals surface area contributed by atoms with Crippen molar-refractivity contribution in [3.63, 3.8) is 0 Å². The van der Waals surface area contributed by atoms with Gasteiger partial charge in [-0.05, 0) is 52.3 Å². The van der Waals surface area contributed by atoms with E-state index in [2.05, 4.69) is 39.1 Å². The normalized spacial score (nSPS) is 19.0. The minimum absolute atomic E-state index is 0.400. The molecule has 0 radical (unpaired) electrons. The van der Waals surface area contributed by atoms with Crippen molar-refractivity contribution in [2.45, 2.75) is 59.0 Å². The van der Waals surface area contributed by atoms with E-state index in [4.69, 9.17) is 4.42 Å². The molecule has 0 bridgehead atoms. The van der Waals surface area contributed by atoms with Gasteiger partial charge < -0.3 is 4.42 Å². The molecule has 3 aromatic rings. The number of furan rings is 1. The number of nitrogens with one attached hydrogen (secondary N) is 2. The van der Waals surface area contributed by atoms with Gasteiger partial charge in [-0.15, -0.1) is 0 Å². The third-order valence-corrected chi connectivity index (χ3v) is 5.46. The number of rotatable bonds is 4. The first kappa shape index (κ1) is 17.1. The molecule has 1 aliphatic rings. The monoisotopic (exact) mass is 353 g/mol. The summed E-state index contributed by atoms with van der Waals surface area (Å²) in [6.07, 6.45) is 6.90. The van der Waals surface area contributed by atoms with Gasteiger partial charge in [-0.3, -0.25) is 15.1 Å². The Morgan fingerprint density at radius 1 is 1.15 bits per heavy atom. The summed E-state index contributed by atoms with van der Waals surface area (Å²) in [5, 5.41) is 15.0. The summed E-state index contributed by atoms with van der Waals surface area (Å²) in [6.45, 7) is 8.16. The molecule has 6 heteroatoms. The van der Waals surface area contributed by atoms with Gasteiger partial charge in [-0.25, -0.2) is 0 Å². The predicted octanol–water partition coefficient (Wildman–Crippen LogP) is 4.44. The van der Waals surface area contributed by atoms with Crippen molar-refractivity contribution < 1.29 is 4.42 Å². The van der Waals surface area contributed by atoms with Crippen LogP contribution < -0.4 is 0 Å². The zero-order chi connectivity index (χ0) is 18.1. The van der Waals surface area contributed by atoms with Gasteiger partial charge in [0.15, 0.2) is 5.76 Å².